The Hall–Kier alpha value is -1.02. The molecule has 1 aromatic carbocycles. The Balaban J connectivity index is 1.65. The van der Waals surface area contributed by atoms with Gasteiger partial charge in [0.25, 0.3) is 0 Å². The van der Waals surface area contributed by atoms with Gasteiger partial charge in [-0.25, -0.2) is 8.42 Å². The maximum atomic E-state index is 13.0. The highest BCUT2D eigenvalue weighted by atomic mass is 35.5. The third-order valence-corrected chi connectivity index (χ3v) is 9.07. The SMILES string of the molecule is COc1ccc2c(c1OC)CCN1C[C@@H]3CCCN(S(=O)(=O)CCCCl)[C@@H]3C[C@@H]21. The lowest BCUT2D eigenvalue weighted by atomic mass is 9.77. The highest BCUT2D eigenvalue weighted by Crippen LogP contribution is 2.47. The van der Waals surface area contributed by atoms with Crippen LogP contribution in [0.3, 0.4) is 0 Å². The van der Waals surface area contributed by atoms with Gasteiger partial charge in [0.1, 0.15) is 0 Å². The summed E-state index contributed by atoms with van der Waals surface area (Å²) in [6.45, 7) is 2.57. The summed E-state index contributed by atoms with van der Waals surface area (Å²) in [6.07, 6.45) is 4.33. The molecule has 3 heterocycles. The van der Waals surface area contributed by atoms with E-state index in [1.807, 2.05) is 6.07 Å². The summed E-state index contributed by atoms with van der Waals surface area (Å²) in [5.41, 5.74) is 2.47. The van der Waals surface area contributed by atoms with E-state index in [2.05, 4.69) is 11.0 Å². The summed E-state index contributed by atoms with van der Waals surface area (Å²) in [7, 11) is 0.0822. The average Bonchev–Trinajstić information content (AvgIpc) is 2.74. The van der Waals surface area contributed by atoms with E-state index in [1.54, 1.807) is 18.5 Å². The molecule has 2 saturated heterocycles. The van der Waals surface area contributed by atoms with Crippen LogP contribution in [0.25, 0.3) is 0 Å². The normalized spacial score (nSPS) is 27.6. The first kappa shape index (κ1) is 21.2. The minimum absolute atomic E-state index is 0.0735. The molecule has 0 aromatic heterocycles. The first-order valence-electron chi connectivity index (χ1n) is 10.5. The number of hydrogen-bond donors (Lipinski definition) is 0. The van der Waals surface area contributed by atoms with Crippen molar-refractivity contribution in [2.24, 2.45) is 5.92 Å². The molecule has 2 fully saturated rings. The Labute approximate surface area is 179 Å². The fourth-order valence-corrected chi connectivity index (χ4v) is 7.65. The van der Waals surface area contributed by atoms with Crippen LogP contribution in [0.15, 0.2) is 12.1 Å². The Morgan fingerprint density at radius 2 is 2.03 bits per heavy atom. The van der Waals surface area contributed by atoms with Crippen molar-refractivity contribution >= 4 is 21.6 Å². The van der Waals surface area contributed by atoms with E-state index in [4.69, 9.17) is 21.1 Å². The summed E-state index contributed by atoms with van der Waals surface area (Å²) < 4.78 is 39.0. The molecule has 0 saturated carbocycles. The number of rotatable bonds is 6. The number of sulfonamides is 1. The fraction of sp³-hybridized carbons (Fsp3) is 0.714. The molecule has 0 N–H and O–H groups in total. The topological polar surface area (TPSA) is 59.1 Å². The van der Waals surface area contributed by atoms with E-state index in [1.165, 1.54) is 11.1 Å². The van der Waals surface area contributed by atoms with E-state index in [9.17, 15) is 8.42 Å². The van der Waals surface area contributed by atoms with Crippen LogP contribution in [0.1, 0.15) is 42.9 Å². The van der Waals surface area contributed by atoms with Gasteiger partial charge in [0.2, 0.25) is 10.0 Å². The molecule has 0 aliphatic carbocycles. The van der Waals surface area contributed by atoms with Crippen LogP contribution in [0.2, 0.25) is 0 Å². The number of methoxy groups -OCH3 is 2. The Morgan fingerprint density at radius 1 is 1.21 bits per heavy atom. The second-order valence-corrected chi connectivity index (χ2v) is 10.7. The molecular weight excluding hydrogens is 412 g/mol. The van der Waals surface area contributed by atoms with Gasteiger partial charge in [-0.15, -0.1) is 11.6 Å². The number of nitrogens with zero attached hydrogens (tertiary/aromatic N) is 2. The molecule has 29 heavy (non-hydrogen) atoms. The van der Waals surface area contributed by atoms with Gasteiger partial charge in [0.15, 0.2) is 11.5 Å². The lowest BCUT2D eigenvalue weighted by Gasteiger charge is -2.51. The molecule has 8 heteroatoms. The minimum atomic E-state index is -3.27. The molecule has 1 aromatic rings. The van der Waals surface area contributed by atoms with Crippen molar-refractivity contribution in [3.8, 4) is 11.5 Å². The Kier molecular flexibility index (Phi) is 6.30. The number of hydrogen-bond acceptors (Lipinski definition) is 5. The smallest absolute Gasteiger partial charge is 0.214 e. The van der Waals surface area contributed by atoms with Crippen molar-refractivity contribution < 1.29 is 17.9 Å². The van der Waals surface area contributed by atoms with Crippen molar-refractivity contribution in [3.05, 3.63) is 23.3 Å². The van der Waals surface area contributed by atoms with E-state index >= 15 is 0 Å². The van der Waals surface area contributed by atoms with Gasteiger partial charge >= 0.3 is 0 Å². The average molecular weight is 443 g/mol. The third kappa shape index (κ3) is 3.87. The van der Waals surface area contributed by atoms with Gasteiger partial charge in [0, 0.05) is 43.2 Å². The van der Waals surface area contributed by atoms with Crippen LogP contribution in [-0.2, 0) is 16.4 Å². The Morgan fingerprint density at radius 3 is 2.76 bits per heavy atom. The van der Waals surface area contributed by atoms with Crippen LogP contribution in [0.4, 0.5) is 0 Å². The summed E-state index contributed by atoms with van der Waals surface area (Å²) in [5, 5.41) is 0. The van der Waals surface area contributed by atoms with Gasteiger partial charge in [-0.05, 0) is 49.7 Å². The van der Waals surface area contributed by atoms with Crippen LogP contribution in [-0.4, -0.2) is 69.2 Å². The van der Waals surface area contributed by atoms with Gasteiger partial charge < -0.3 is 9.47 Å². The van der Waals surface area contributed by atoms with Gasteiger partial charge in [-0.1, -0.05) is 6.07 Å². The van der Waals surface area contributed by atoms with Crippen molar-refractivity contribution in [2.45, 2.75) is 44.2 Å². The quantitative estimate of drug-likeness (QED) is 0.634. The zero-order valence-corrected chi connectivity index (χ0v) is 18.8. The van der Waals surface area contributed by atoms with E-state index in [0.717, 1.165) is 50.3 Å². The molecule has 3 atom stereocenters. The monoisotopic (exact) mass is 442 g/mol. The maximum absolute atomic E-state index is 13.0. The van der Waals surface area contributed by atoms with Gasteiger partial charge in [-0.3, -0.25) is 4.90 Å². The molecule has 0 radical (unpaired) electrons. The number of fused-ring (bicyclic) bond motifs is 4. The molecule has 0 spiro atoms. The zero-order chi connectivity index (χ0) is 20.6. The summed E-state index contributed by atoms with van der Waals surface area (Å²) >= 11 is 5.77. The van der Waals surface area contributed by atoms with Crippen molar-refractivity contribution in [1.29, 1.82) is 0 Å². The minimum Gasteiger partial charge on any atom is -0.493 e. The van der Waals surface area contributed by atoms with Gasteiger partial charge in [-0.2, -0.15) is 4.31 Å². The molecule has 3 aliphatic heterocycles. The second-order valence-electron chi connectivity index (χ2n) is 8.30. The zero-order valence-electron chi connectivity index (χ0n) is 17.3. The number of piperidine rings is 2. The molecular formula is C21H31ClN2O4S. The van der Waals surface area contributed by atoms with Crippen LogP contribution in [0.5, 0.6) is 11.5 Å². The number of halogens is 1. The molecule has 6 nitrogen and oxygen atoms in total. The first-order chi connectivity index (χ1) is 14.0. The van der Waals surface area contributed by atoms with Crippen LogP contribution >= 0.6 is 11.6 Å². The van der Waals surface area contributed by atoms with Crippen LogP contribution in [0, 0.1) is 5.92 Å². The summed E-state index contributed by atoms with van der Waals surface area (Å²) in [4.78, 5) is 2.55. The molecule has 3 aliphatic rings. The number of ether oxygens (including phenoxy) is 2. The predicted molar refractivity (Wildman–Crippen MR) is 115 cm³/mol. The van der Waals surface area contributed by atoms with E-state index < -0.39 is 10.0 Å². The fourth-order valence-electron chi connectivity index (χ4n) is 5.53. The number of benzene rings is 1. The third-order valence-electron chi connectivity index (χ3n) is 6.83. The Bertz CT molecular complexity index is 847. The maximum Gasteiger partial charge on any atom is 0.214 e. The molecule has 0 bridgehead atoms. The lowest BCUT2D eigenvalue weighted by Crippen LogP contribution is -2.57. The van der Waals surface area contributed by atoms with E-state index in [0.29, 0.717) is 24.8 Å². The largest absolute Gasteiger partial charge is 0.493 e. The predicted octanol–water partition coefficient (Wildman–Crippen LogP) is 3.05. The summed E-state index contributed by atoms with van der Waals surface area (Å²) in [5.74, 6) is 2.52. The summed E-state index contributed by atoms with van der Waals surface area (Å²) in [6, 6.07) is 4.42. The van der Waals surface area contributed by atoms with Crippen LogP contribution < -0.4 is 9.47 Å². The van der Waals surface area contributed by atoms with E-state index in [-0.39, 0.29) is 17.8 Å². The van der Waals surface area contributed by atoms with Crippen molar-refractivity contribution in [2.75, 3.05) is 45.5 Å². The first-order valence-corrected chi connectivity index (χ1v) is 12.7. The molecule has 4 rings (SSSR count). The lowest BCUT2D eigenvalue weighted by molar-refractivity contribution is 0.0216. The van der Waals surface area contributed by atoms with Gasteiger partial charge in [0.05, 0.1) is 20.0 Å². The number of alkyl halides is 1. The standard InChI is InChI=1S/C21H31ClN2O4S/c1-27-20-7-6-16-17(21(20)28-2)8-11-23-14-15-5-3-10-24(18(15)13-19(16)23)29(25,26)12-4-9-22/h6-7,15,18-19H,3-5,8-14H2,1-2H3/t15-,18+,19-/m0/s1. The van der Waals surface area contributed by atoms with Crippen molar-refractivity contribution in [1.82, 2.24) is 9.21 Å². The highest BCUT2D eigenvalue weighted by molar-refractivity contribution is 7.89. The molecule has 162 valence electrons. The molecule has 0 amide bonds. The highest BCUT2D eigenvalue weighted by Gasteiger charge is 2.46. The van der Waals surface area contributed by atoms with Crippen molar-refractivity contribution in [3.63, 3.8) is 0 Å². The molecule has 0 unspecified atom stereocenters. The second kappa shape index (κ2) is 8.61.